The van der Waals surface area contributed by atoms with Crippen LogP contribution in [0.3, 0.4) is 0 Å². The van der Waals surface area contributed by atoms with Crippen LogP contribution in [0.1, 0.15) is 38.3 Å². The van der Waals surface area contributed by atoms with Crippen LogP contribution in [0.15, 0.2) is 24.3 Å². The maximum atomic E-state index is 12.8. The fraction of sp³-hybridized carbons (Fsp3) is 0.579. The van der Waals surface area contributed by atoms with Crippen molar-refractivity contribution < 1.29 is 14.3 Å². The molecule has 3 rings (SSSR count). The maximum absolute atomic E-state index is 12.8. The average Bonchev–Trinajstić information content (AvgIpc) is 3.02. The average molecular weight is 330 g/mol. The van der Waals surface area contributed by atoms with E-state index in [9.17, 15) is 9.59 Å². The standard InChI is InChI=1S/C19H26N2O3/c1-19(2,3)24-18(23)21-11-9-16(13-21)17(22)20-10-8-14-6-4-5-7-15(14)12-20/h4-7,16H,8-13H2,1-3H3/t16-/m1/s1. The van der Waals surface area contributed by atoms with Crippen LogP contribution in [0.2, 0.25) is 0 Å². The number of hydrogen-bond acceptors (Lipinski definition) is 3. The first-order valence-electron chi connectivity index (χ1n) is 8.67. The fourth-order valence-electron chi connectivity index (χ4n) is 3.40. The van der Waals surface area contributed by atoms with Gasteiger partial charge in [0, 0.05) is 26.2 Å². The molecular weight excluding hydrogens is 304 g/mol. The molecule has 0 spiro atoms. The van der Waals surface area contributed by atoms with E-state index in [2.05, 4.69) is 12.1 Å². The van der Waals surface area contributed by atoms with Gasteiger partial charge in [-0.25, -0.2) is 4.79 Å². The Balaban J connectivity index is 1.58. The Bertz CT molecular complexity index is 636. The summed E-state index contributed by atoms with van der Waals surface area (Å²) in [5, 5.41) is 0. The first kappa shape index (κ1) is 16.8. The molecule has 5 nitrogen and oxygen atoms in total. The summed E-state index contributed by atoms with van der Waals surface area (Å²) in [6, 6.07) is 8.30. The summed E-state index contributed by atoms with van der Waals surface area (Å²) in [5.41, 5.74) is 2.07. The minimum absolute atomic E-state index is 0.109. The Hall–Kier alpha value is -2.04. The highest BCUT2D eigenvalue weighted by Gasteiger charge is 2.36. The van der Waals surface area contributed by atoms with E-state index in [1.54, 1.807) is 4.90 Å². The predicted molar refractivity (Wildman–Crippen MR) is 91.5 cm³/mol. The lowest BCUT2D eigenvalue weighted by Crippen LogP contribution is -2.41. The molecule has 0 radical (unpaired) electrons. The van der Waals surface area contributed by atoms with E-state index in [0.29, 0.717) is 19.6 Å². The number of benzene rings is 1. The summed E-state index contributed by atoms with van der Waals surface area (Å²) in [4.78, 5) is 28.6. The molecule has 2 aliphatic rings. The first-order valence-corrected chi connectivity index (χ1v) is 8.67. The van der Waals surface area contributed by atoms with E-state index in [-0.39, 0.29) is 17.9 Å². The van der Waals surface area contributed by atoms with Gasteiger partial charge in [0.15, 0.2) is 0 Å². The van der Waals surface area contributed by atoms with Gasteiger partial charge in [-0.05, 0) is 44.7 Å². The number of carbonyl (C=O) groups excluding carboxylic acids is 2. The summed E-state index contributed by atoms with van der Waals surface area (Å²) >= 11 is 0. The van der Waals surface area contributed by atoms with Crippen molar-refractivity contribution in [2.45, 2.75) is 45.8 Å². The summed E-state index contributed by atoms with van der Waals surface area (Å²) in [7, 11) is 0. The van der Waals surface area contributed by atoms with Crippen molar-refractivity contribution in [3.05, 3.63) is 35.4 Å². The van der Waals surface area contributed by atoms with Gasteiger partial charge in [-0.2, -0.15) is 0 Å². The van der Waals surface area contributed by atoms with Crippen LogP contribution in [0.5, 0.6) is 0 Å². The van der Waals surface area contributed by atoms with Gasteiger partial charge in [-0.15, -0.1) is 0 Å². The Morgan fingerprint density at radius 3 is 2.50 bits per heavy atom. The lowest BCUT2D eigenvalue weighted by molar-refractivity contribution is -0.136. The Labute approximate surface area is 143 Å². The van der Waals surface area contributed by atoms with E-state index >= 15 is 0 Å². The highest BCUT2D eigenvalue weighted by atomic mass is 16.6. The van der Waals surface area contributed by atoms with Crippen molar-refractivity contribution in [3.63, 3.8) is 0 Å². The molecule has 1 aromatic carbocycles. The number of amides is 2. The van der Waals surface area contributed by atoms with Crippen molar-refractivity contribution in [2.24, 2.45) is 5.92 Å². The molecule has 0 N–H and O–H groups in total. The van der Waals surface area contributed by atoms with Gasteiger partial charge in [0.05, 0.1) is 5.92 Å². The molecular formula is C19H26N2O3. The molecule has 0 bridgehead atoms. The van der Waals surface area contributed by atoms with Crippen molar-refractivity contribution in [3.8, 4) is 0 Å². The molecule has 1 atom stereocenters. The fourth-order valence-corrected chi connectivity index (χ4v) is 3.40. The second kappa shape index (κ2) is 6.46. The molecule has 0 unspecified atom stereocenters. The number of nitrogens with zero attached hydrogens (tertiary/aromatic N) is 2. The summed E-state index contributed by atoms with van der Waals surface area (Å²) in [6.07, 6.45) is 1.31. The molecule has 2 amide bonds. The van der Waals surface area contributed by atoms with E-state index in [1.807, 2.05) is 37.8 Å². The van der Waals surface area contributed by atoms with Crippen molar-refractivity contribution in [1.82, 2.24) is 9.80 Å². The zero-order chi connectivity index (χ0) is 17.3. The number of fused-ring (bicyclic) bond motifs is 1. The molecule has 0 saturated carbocycles. The first-order chi connectivity index (χ1) is 11.3. The minimum Gasteiger partial charge on any atom is -0.444 e. The molecule has 24 heavy (non-hydrogen) atoms. The Kier molecular flexibility index (Phi) is 4.52. The van der Waals surface area contributed by atoms with Gasteiger partial charge < -0.3 is 14.5 Å². The molecule has 2 heterocycles. The topological polar surface area (TPSA) is 49.9 Å². The van der Waals surface area contributed by atoms with E-state index in [4.69, 9.17) is 4.74 Å². The molecule has 1 saturated heterocycles. The molecule has 0 aromatic heterocycles. The van der Waals surface area contributed by atoms with Crippen molar-refractivity contribution >= 4 is 12.0 Å². The third-order valence-corrected chi connectivity index (χ3v) is 4.63. The lowest BCUT2D eigenvalue weighted by Gasteiger charge is -2.31. The third kappa shape index (κ3) is 3.71. The zero-order valence-corrected chi connectivity index (χ0v) is 14.7. The van der Waals surface area contributed by atoms with Crippen LogP contribution in [0.25, 0.3) is 0 Å². The SMILES string of the molecule is CC(C)(C)OC(=O)N1CC[C@@H](C(=O)N2CCc3ccccc3C2)C1. The van der Waals surface area contributed by atoms with Gasteiger partial charge in [0.25, 0.3) is 0 Å². The van der Waals surface area contributed by atoms with Gasteiger partial charge in [0.1, 0.15) is 5.60 Å². The van der Waals surface area contributed by atoms with Crippen LogP contribution in [0.4, 0.5) is 4.79 Å². The highest BCUT2D eigenvalue weighted by molar-refractivity contribution is 5.81. The normalized spacial score (nSPS) is 20.7. The predicted octanol–water partition coefficient (Wildman–Crippen LogP) is 2.83. The monoisotopic (exact) mass is 330 g/mol. The van der Waals surface area contributed by atoms with Crippen molar-refractivity contribution in [2.75, 3.05) is 19.6 Å². The maximum Gasteiger partial charge on any atom is 0.410 e. The quantitative estimate of drug-likeness (QED) is 0.795. The molecule has 2 aliphatic heterocycles. The second-order valence-corrected chi connectivity index (χ2v) is 7.69. The van der Waals surface area contributed by atoms with Crippen LogP contribution >= 0.6 is 0 Å². The van der Waals surface area contributed by atoms with Gasteiger partial charge in [0.2, 0.25) is 5.91 Å². The van der Waals surface area contributed by atoms with E-state index in [0.717, 1.165) is 19.4 Å². The number of carbonyl (C=O) groups is 2. The van der Waals surface area contributed by atoms with E-state index < -0.39 is 5.60 Å². The molecule has 0 aliphatic carbocycles. The third-order valence-electron chi connectivity index (χ3n) is 4.63. The van der Waals surface area contributed by atoms with Gasteiger partial charge in [-0.3, -0.25) is 4.79 Å². The summed E-state index contributed by atoms with van der Waals surface area (Å²) < 4.78 is 5.40. The second-order valence-electron chi connectivity index (χ2n) is 7.69. The number of hydrogen-bond donors (Lipinski definition) is 0. The Morgan fingerprint density at radius 1 is 1.08 bits per heavy atom. The highest BCUT2D eigenvalue weighted by Crippen LogP contribution is 2.25. The van der Waals surface area contributed by atoms with Crippen LogP contribution in [-0.4, -0.2) is 47.0 Å². The van der Waals surface area contributed by atoms with Crippen LogP contribution in [-0.2, 0) is 22.5 Å². The van der Waals surface area contributed by atoms with Crippen LogP contribution < -0.4 is 0 Å². The summed E-state index contributed by atoms with van der Waals surface area (Å²) in [5.74, 6) is 0.0540. The van der Waals surface area contributed by atoms with Crippen molar-refractivity contribution in [1.29, 1.82) is 0 Å². The molecule has 5 heteroatoms. The summed E-state index contributed by atoms with van der Waals surface area (Å²) in [6.45, 7) is 8.07. The smallest absolute Gasteiger partial charge is 0.410 e. The number of rotatable bonds is 1. The number of ether oxygens (including phenoxy) is 1. The zero-order valence-electron chi connectivity index (χ0n) is 14.7. The lowest BCUT2D eigenvalue weighted by atomic mass is 9.98. The molecule has 130 valence electrons. The Morgan fingerprint density at radius 2 is 1.79 bits per heavy atom. The van der Waals surface area contributed by atoms with Crippen LogP contribution in [0, 0.1) is 5.92 Å². The van der Waals surface area contributed by atoms with Gasteiger partial charge in [-0.1, -0.05) is 24.3 Å². The minimum atomic E-state index is -0.504. The van der Waals surface area contributed by atoms with Gasteiger partial charge >= 0.3 is 6.09 Å². The van der Waals surface area contributed by atoms with E-state index in [1.165, 1.54) is 11.1 Å². The largest absolute Gasteiger partial charge is 0.444 e. The molecule has 1 aromatic rings. The number of likely N-dealkylation sites (tertiary alicyclic amines) is 1. The molecule has 1 fully saturated rings.